The number of aliphatic hydroxyl groups is 1. The fourth-order valence-corrected chi connectivity index (χ4v) is 3.59. The summed E-state index contributed by atoms with van der Waals surface area (Å²) >= 11 is 12.1. The van der Waals surface area contributed by atoms with Gasteiger partial charge in [0.15, 0.2) is 0 Å². The molecule has 1 aliphatic carbocycles. The number of aliphatic hydroxyl groups excluding tert-OH is 1. The maximum atomic E-state index is 10.8. The molecule has 0 heterocycles. The quantitative estimate of drug-likeness (QED) is 0.778. The second-order valence-electron chi connectivity index (χ2n) is 5.50. The zero-order valence-electron chi connectivity index (χ0n) is 12.8. The number of hydrogen-bond acceptors (Lipinski definition) is 2. The number of likely N-dealkylation sites (N-methyl/N-ethyl adjacent to an activating group) is 1. The van der Waals surface area contributed by atoms with E-state index in [2.05, 4.69) is 0 Å². The molecule has 1 aliphatic rings. The van der Waals surface area contributed by atoms with E-state index in [-0.39, 0.29) is 24.4 Å². The zero-order valence-corrected chi connectivity index (χ0v) is 15.0. The van der Waals surface area contributed by atoms with Gasteiger partial charge in [0, 0.05) is 11.5 Å². The number of fused-ring (bicyclic) bond motifs is 1. The van der Waals surface area contributed by atoms with Gasteiger partial charge in [-0.15, -0.1) is 0 Å². The maximum Gasteiger partial charge on any atom is 0.139 e. The number of quaternary nitrogens is 1. The van der Waals surface area contributed by atoms with Crippen LogP contribution < -0.4 is 22.5 Å². The van der Waals surface area contributed by atoms with Crippen LogP contribution in [0, 0.1) is 0 Å². The van der Waals surface area contributed by atoms with Gasteiger partial charge in [-0.2, -0.15) is 0 Å². The summed E-state index contributed by atoms with van der Waals surface area (Å²) in [6.45, 7) is 0. The van der Waals surface area contributed by atoms with E-state index in [1.807, 2.05) is 42.7 Å². The highest BCUT2D eigenvalue weighted by molar-refractivity contribution is 6.42. The van der Waals surface area contributed by atoms with Crippen molar-refractivity contribution in [3.05, 3.63) is 63.1 Å². The van der Waals surface area contributed by atoms with Gasteiger partial charge in [-0.25, -0.2) is 0 Å². The summed E-state index contributed by atoms with van der Waals surface area (Å²) in [5.41, 5.74) is 3.18. The lowest BCUT2D eigenvalue weighted by Gasteiger charge is -2.18. The van der Waals surface area contributed by atoms with Crippen molar-refractivity contribution in [2.24, 2.45) is 0 Å². The van der Waals surface area contributed by atoms with Crippen LogP contribution in [-0.4, -0.2) is 25.4 Å². The molecule has 3 rings (SSSR count). The molecule has 3 nitrogen and oxygen atoms in total. The molecule has 3 atom stereocenters. The van der Waals surface area contributed by atoms with Gasteiger partial charge in [-0.1, -0.05) is 35.3 Å². The normalized spacial score (nSPS) is 22.4. The third-order valence-electron chi connectivity index (χ3n) is 4.36. The average molecular weight is 375 g/mol. The summed E-state index contributed by atoms with van der Waals surface area (Å²) in [4.78, 5) is 0. The Balaban J connectivity index is 0.00000192. The highest BCUT2D eigenvalue weighted by Crippen LogP contribution is 2.44. The molecule has 0 spiro atoms. The standard InChI is InChI=1S/C17H17Cl2NO2.ClH/c1-20-16-12-8-10(22-2)4-5-11(12)15(17(16)21)9-3-6-13(18)14(19)7-9;/h3-8,15-17,20-21H,1-2H3;1H/t15-,16-,17-;/m0./s1. The Morgan fingerprint density at radius 1 is 1.04 bits per heavy atom. The van der Waals surface area contributed by atoms with Crippen LogP contribution in [-0.2, 0) is 0 Å². The van der Waals surface area contributed by atoms with Crippen LogP contribution in [0.5, 0.6) is 5.75 Å². The molecule has 0 amide bonds. The summed E-state index contributed by atoms with van der Waals surface area (Å²) in [5.74, 6) is 0.685. The van der Waals surface area contributed by atoms with E-state index in [1.165, 1.54) is 0 Å². The Labute approximate surface area is 152 Å². The molecule has 0 aromatic heterocycles. The number of methoxy groups -OCH3 is 1. The lowest BCUT2D eigenvalue weighted by Crippen LogP contribution is -3.00. The Hall–Kier alpha value is -0.970. The molecule has 0 aliphatic heterocycles. The predicted octanol–water partition coefficient (Wildman–Crippen LogP) is -0.253. The molecule has 124 valence electrons. The second-order valence-corrected chi connectivity index (χ2v) is 6.31. The molecule has 0 saturated carbocycles. The third-order valence-corrected chi connectivity index (χ3v) is 5.10. The van der Waals surface area contributed by atoms with Crippen molar-refractivity contribution < 1.29 is 27.6 Å². The van der Waals surface area contributed by atoms with Gasteiger partial charge in [0.1, 0.15) is 17.9 Å². The first-order chi connectivity index (χ1) is 10.6. The molecular weight excluding hydrogens is 357 g/mol. The van der Waals surface area contributed by atoms with Crippen LogP contribution in [0.4, 0.5) is 0 Å². The SMILES string of the molecule is C[NH2+][C@H]1c2cc(OC)ccc2[C@H](c2ccc(Cl)c(Cl)c2)[C@@H]1O.[Cl-]. The van der Waals surface area contributed by atoms with Crippen LogP contribution in [0.2, 0.25) is 10.0 Å². The number of benzene rings is 2. The van der Waals surface area contributed by atoms with Crippen LogP contribution in [0.25, 0.3) is 0 Å². The summed E-state index contributed by atoms with van der Waals surface area (Å²) < 4.78 is 5.31. The highest BCUT2D eigenvalue weighted by Gasteiger charge is 2.42. The van der Waals surface area contributed by atoms with Gasteiger partial charge < -0.3 is 27.6 Å². The largest absolute Gasteiger partial charge is 1.00 e. The lowest BCUT2D eigenvalue weighted by molar-refractivity contribution is -0.677. The smallest absolute Gasteiger partial charge is 0.139 e. The topological polar surface area (TPSA) is 46.1 Å². The van der Waals surface area contributed by atoms with Gasteiger partial charge in [0.2, 0.25) is 0 Å². The molecule has 2 aromatic rings. The molecule has 23 heavy (non-hydrogen) atoms. The summed E-state index contributed by atoms with van der Waals surface area (Å²) in [6.07, 6.45) is -0.524. The van der Waals surface area contributed by atoms with E-state index in [1.54, 1.807) is 13.2 Å². The molecule has 0 unspecified atom stereocenters. The lowest BCUT2D eigenvalue weighted by atomic mass is 9.91. The molecule has 0 bridgehead atoms. The number of nitrogens with two attached hydrogens (primary N) is 1. The van der Waals surface area contributed by atoms with Crippen molar-refractivity contribution >= 4 is 23.2 Å². The summed E-state index contributed by atoms with van der Waals surface area (Å²) in [7, 11) is 3.61. The molecule has 0 saturated heterocycles. The second kappa shape index (κ2) is 7.29. The van der Waals surface area contributed by atoms with Crippen molar-refractivity contribution in [2.75, 3.05) is 14.2 Å². The highest BCUT2D eigenvalue weighted by atomic mass is 35.5. The molecule has 2 aromatic carbocycles. The zero-order chi connectivity index (χ0) is 15.9. The minimum Gasteiger partial charge on any atom is -1.00 e. The first-order valence-corrected chi connectivity index (χ1v) is 7.92. The predicted molar refractivity (Wildman–Crippen MR) is 87.9 cm³/mol. The summed E-state index contributed by atoms with van der Waals surface area (Å²) in [5, 5.41) is 13.9. The van der Waals surface area contributed by atoms with Crippen molar-refractivity contribution in [3.63, 3.8) is 0 Å². The van der Waals surface area contributed by atoms with Crippen LogP contribution >= 0.6 is 23.2 Å². The van der Waals surface area contributed by atoms with Gasteiger partial charge in [-0.3, -0.25) is 0 Å². The summed E-state index contributed by atoms with van der Waals surface area (Å²) in [6, 6.07) is 11.5. The Kier molecular flexibility index (Phi) is 5.82. The monoisotopic (exact) mass is 373 g/mol. The van der Waals surface area contributed by atoms with Crippen molar-refractivity contribution in [1.82, 2.24) is 0 Å². The maximum absolute atomic E-state index is 10.8. The van der Waals surface area contributed by atoms with E-state index in [0.717, 1.165) is 22.4 Å². The first-order valence-electron chi connectivity index (χ1n) is 7.17. The minimum absolute atomic E-state index is 0. The van der Waals surface area contributed by atoms with Crippen molar-refractivity contribution in [3.8, 4) is 5.75 Å². The Morgan fingerprint density at radius 2 is 1.78 bits per heavy atom. The van der Waals surface area contributed by atoms with E-state index >= 15 is 0 Å². The number of ether oxygens (including phenoxy) is 1. The van der Waals surface area contributed by atoms with Gasteiger partial charge in [0.25, 0.3) is 0 Å². The molecule has 0 fully saturated rings. The molecular formula is C17H18Cl3NO2. The average Bonchev–Trinajstić information content (AvgIpc) is 2.80. The van der Waals surface area contributed by atoms with Gasteiger partial charge in [0.05, 0.1) is 24.2 Å². The molecule has 0 radical (unpaired) electrons. The number of hydrogen-bond donors (Lipinski definition) is 2. The van der Waals surface area contributed by atoms with E-state index in [0.29, 0.717) is 10.0 Å². The van der Waals surface area contributed by atoms with Gasteiger partial charge >= 0.3 is 0 Å². The van der Waals surface area contributed by atoms with Crippen LogP contribution in [0.1, 0.15) is 28.7 Å². The van der Waals surface area contributed by atoms with Gasteiger partial charge in [-0.05, 0) is 35.4 Å². The number of halogens is 3. The minimum atomic E-state index is -0.524. The van der Waals surface area contributed by atoms with Crippen LogP contribution in [0.15, 0.2) is 36.4 Å². The fourth-order valence-electron chi connectivity index (χ4n) is 3.29. The number of rotatable bonds is 3. The molecule has 6 heteroatoms. The van der Waals surface area contributed by atoms with E-state index in [4.69, 9.17) is 27.9 Å². The van der Waals surface area contributed by atoms with Crippen LogP contribution in [0.3, 0.4) is 0 Å². The fraction of sp³-hybridized carbons (Fsp3) is 0.294. The first kappa shape index (κ1) is 18.4. The van der Waals surface area contributed by atoms with E-state index in [9.17, 15) is 5.11 Å². The van der Waals surface area contributed by atoms with Crippen molar-refractivity contribution in [2.45, 2.75) is 18.1 Å². The third kappa shape index (κ3) is 3.17. The Bertz CT molecular complexity index is 708. The van der Waals surface area contributed by atoms with E-state index < -0.39 is 6.10 Å². The molecule has 3 N–H and O–H groups in total. The Morgan fingerprint density at radius 3 is 2.39 bits per heavy atom. The van der Waals surface area contributed by atoms with Crippen molar-refractivity contribution in [1.29, 1.82) is 0 Å².